The third-order valence-corrected chi connectivity index (χ3v) is 6.43. The Morgan fingerprint density at radius 2 is 1.76 bits per heavy atom. The highest BCUT2D eigenvalue weighted by Crippen LogP contribution is 2.27. The standard InChI is InChI=1S/C22H26F3N5O3S/c23-22(24,25)18-10-11-30(29-18)13-19(31)27-28-21(33)16-8-4-5-9-17(16)34-14-20(32)26-12-15-6-2-1-3-7-15/h4-5,8-11,15H,1-3,6-7,12-14H2,(H,26,32)(H,27,31)(H,28,33). The number of amides is 3. The quantitative estimate of drug-likeness (QED) is 0.384. The first-order chi connectivity index (χ1) is 16.2. The molecule has 3 N–H and O–H groups in total. The lowest BCUT2D eigenvalue weighted by molar-refractivity contribution is -0.141. The maximum absolute atomic E-state index is 12.6. The molecule has 12 heteroatoms. The predicted octanol–water partition coefficient (Wildman–Crippen LogP) is 3.15. The highest BCUT2D eigenvalue weighted by atomic mass is 32.2. The summed E-state index contributed by atoms with van der Waals surface area (Å²) < 4.78 is 38.6. The van der Waals surface area contributed by atoms with E-state index in [-0.39, 0.29) is 17.2 Å². The van der Waals surface area contributed by atoms with Gasteiger partial charge in [-0.3, -0.25) is 29.9 Å². The Morgan fingerprint density at radius 1 is 1.03 bits per heavy atom. The fourth-order valence-corrected chi connectivity index (χ4v) is 4.48. The highest BCUT2D eigenvalue weighted by Gasteiger charge is 2.33. The van der Waals surface area contributed by atoms with Crippen LogP contribution in [0.3, 0.4) is 0 Å². The van der Waals surface area contributed by atoms with E-state index in [0.29, 0.717) is 17.4 Å². The van der Waals surface area contributed by atoms with E-state index in [2.05, 4.69) is 21.3 Å². The summed E-state index contributed by atoms with van der Waals surface area (Å²) in [4.78, 5) is 37.3. The molecule has 184 valence electrons. The van der Waals surface area contributed by atoms with Crippen molar-refractivity contribution in [3.8, 4) is 0 Å². The van der Waals surface area contributed by atoms with Crippen LogP contribution in [0.2, 0.25) is 0 Å². The summed E-state index contributed by atoms with van der Waals surface area (Å²) in [6.07, 6.45) is 2.33. The molecule has 1 aromatic carbocycles. The first-order valence-electron chi connectivity index (χ1n) is 10.9. The number of hydrogen-bond acceptors (Lipinski definition) is 5. The summed E-state index contributed by atoms with van der Waals surface area (Å²) in [5.41, 5.74) is 3.54. The van der Waals surface area contributed by atoms with Crippen molar-refractivity contribution in [2.75, 3.05) is 12.3 Å². The highest BCUT2D eigenvalue weighted by molar-refractivity contribution is 8.00. The number of nitrogens with zero attached hydrogens (tertiary/aromatic N) is 2. The second kappa shape index (κ2) is 11.9. The van der Waals surface area contributed by atoms with Crippen LogP contribution in [-0.4, -0.2) is 39.8 Å². The number of benzene rings is 1. The topological polar surface area (TPSA) is 105 Å². The van der Waals surface area contributed by atoms with Crippen LogP contribution >= 0.6 is 11.8 Å². The molecule has 1 fully saturated rings. The van der Waals surface area contributed by atoms with Gasteiger partial charge in [0.2, 0.25) is 5.91 Å². The molecule has 3 amide bonds. The number of rotatable bonds is 8. The number of carbonyl (C=O) groups is 3. The molecule has 1 aliphatic rings. The molecule has 0 aliphatic heterocycles. The zero-order valence-corrected chi connectivity index (χ0v) is 19.2. The largest absolute Gasteiger partial charge is 0.435 e. The van der Waals surface area contributed by atoms with Crippen molar-refractivity contribution in [2.45, 2.75) is 49.7 Å². The SMILES string of the molecule is O=C(CSc1ccccc1C(=O)NNC(=O)Cn1ccc(C(F)(F)F)n1)NCC1CCCCC1. The first kappa shape index (κ1) is 25.6. The summed E-state index contributed by atoms with van der Waals surface area (Å²) >= 11 is 1.21. The molecule has 0 spiro atoms. The number of carbonyl (C=O) groups excluding carboxylic acids is 3. The minimum Gasteiger partial charge on any atom is -0.355 e. The van der Waals surface area contributed by atoms with Crippen LogP contribution in [0, 0.1) is 5.92 Å². The Hall–Kier alpha value is -3.02. The molecule has 3 rings (SSSR count). The van der Waals surface area contributed by atoms with Crippen molar-refractivity contribution < 1.29 is 27.6 Å². The van der Waals surface area contributed by atoms with E-state index in [1.807, 2.05) is 0 Å². The van der Waals surface area contributed by atoms with Gasteiger partial charge in [0, 0.05) is 17.6 Å². The lowest BCUT2D eigenvalue weighted by Gasteiger charge is -2.21. The van der Waals surface area contributed by atoms with Crippen LogP contribution in [-0.2, 0) is 22.3 Å². The van der Waals surface area contributed by atoms with Crippen LogP contribution in [0.4, 0.5) is 13.2 Å². The molecule has 0 bridgehead atoms. The van der Waals surface area contributed by atoms with E-state index in [1.165, 1.54) is 31.0 Å². The van der Waals surface area contributed by atoms with Gasteiger partial charge in [-0.2, -0.15) is 18.3 Å². The molecular weight excluding hydrogens is 471 g/mol. The van der Waals surface area contributed by atoms with E-state index < -0.39 is 30.2 Å². The van der Waals surface area contributed by atoms with E-state index >= 15 is 0 Å². The van der Waals surface area contributed by atoms with Crippen molar-refractivity contribution in [2.24, 2.45) is 5.92 Å². The molecule has 8 nitrogen and oxygen atoms in total. The van der Waals surface area contributed by atoms with Gasteiger partial charge in [0.15, 0.2) is 5.69 Å². The van der Waals surface area contributed by atoms with Crippen LogP contribution < -0.4 is 16.2 Å². The van der Waals surface area contributed by atoms with Crippen LogP contribution in [0.1, 0.15) is 48.2 Å². The molecular formula is C22H26F3N5O3S. The molecule has 1 aliphatic carbocycles. The molecule has 34 heavy (non-hydrogen) atoms. The van der Waals surface area contributed by atoms with Gasteiger partial charge in [-0.15, -0.1) is 11.8 Å². The van der Waals surface area contributed by atoms with Gasteiger partial charge < -0.3 is 5.32 Å². The number of hydrazine groups is 1. The zero-order chi connectivity index (χ0) is 24.6. The van der Waals surface area contributed by atoms with Gasteiger partial charge >= 0.3 is 6.18 Å². The Kier molecular flexibility index (Phi) is 8.97. The first-order valence-corrected chi connectivity index (χ1v) is 11.9. The van der Waals surface area contributed by atoms with Gasteiger partial charge in [0.1, 0.15) is 6.54 Å². The third-order valence-electron chi connectivity index (χ3n) is 5.36. The van der Waals surface area contributed by atoms with Crippen molar-refractivity contribution in [1.82, 2.24) is 25.9 Å². The van der Waals surface area contributed by atoms with Crippen molar-refractivity contribution in [3.63, 3.8) is 0 Å². The maximum atomic E-state index is 12.6. The summed E-state index contributed by atoms with van der Waals surface area (Å²) in [5.74, 6) is -0.819. The van der Waals surface area contributed by atoms with E-state index in [1.54, 1.807) is 24.3 Å². The van der Waals surface area contributed by atoms with Crippen molar-refractivity contribution >= 4 is 29.5 Å². The van der Waals surface area contributed by atoms with Crippen LogP contribution in [0.15, 0.2) is 41.4 Å². The molecule has 1 aromatic heterocycles. The summed E-state index contributed by atoms with van der Waals surface area (Å²) in [6.45, 7) is 0.155. The minimum absolute atomic E-state index is 0.114. The van der Waals surface area contributed by atoms with E-state index in [4.69, 9.17) is 0 Å². The van der Waals surface area contributed by atoms with Gasteiger partial charge in [-0.25, -0.2) is 0 Å². The summed E-state index contributed by atoms with van der Waals surface area (Å²) in [6, 6.07) is 7.37. The van der Waals surface area contributed by atoms with Gasteiger partial charge in [0.05, 0.1) is 11.3 Å². The fraction of sp³-hybridized carbons (Fsp3) is 0.455. The predicted molar refractivity (Wildman–Crippen MR) is 120 cm³/mol. The number of nitrogens with one attached hydrogen (secondary N) is 3. The Morgan fingerprint density at radius 3 is 2.47 bits per heavy atom. The molecule has 2 aromatic rings. The number of aromatic nitrogens is 2. The average Bonchev–Trinajstić information content (AvgIpc) is 3.30. The minimum atomic E-state index is -4.61. The van der Waals surface area contributed by atoms with Crippen LogP contribution in [0.5, 0.6) is 0 Å². The monoisotopic (exact) mass is 497 g/mol. The summed E-state index contributed by atoms with van der Waals surface area (Å²) in [7, 11) is 0. The lowest BCUT2D eigenvalue weighted by Crippen LogP contribution is -2.43. The Balaban J connectivity index is 1.46. The molecule has 1 saturated carbocycles. The molecule has 0 atom stereocenters. The van der Waals surface area contributed by atoms with Crippen molar-refractivity contribution in [3.05, 3.63) is 47.8 Å². The van der Waals surface area contributed by atoms with E-state index in [9.17, 15) is 27.6 Å². The Labute approximate surface area is 199 Å². The van der Waals surface area contributed by atoms with Gasteiger partial charge in [0.25, 0.3) is 11.8 Å². The lowest BCUT2D eigenvalue weighted by atomic mass is 9.89. The fourth-order valence-electron chi connectivity index (χ4n) is 3.61. The molecule has 0 radical (unpaired) electrons. The number of halogens is 3. The smallest absolute Gasteiger partial charge is 0.355 e. The molecule has 0 saturated heterocycles. The summed E-state index contributed by atoms with van der Waals surface area (Å²) in [5, 5.41) is 6.23. The zero-order valence-electron chi connectivity index (χ0n) is 18.4. The van der Waals surface area contributed by atoms with Gasteiger partial charge in [-0.05, 0) is 37.0 Å². The van der Waals surface area contributed by atoms with Crippen molar-refractivity contribution in [1.29, 1.82) is 0 Å². The van der Waals surface area contributed by atoms with Gasteiger partial charge in [-0.1, -0.05) is 31.4 Å². The normalized spacial score (nSPS) is 14.4. The second-order valence-corrected chi connectivity index (χ2v) is 9.01. The average molecular weight is 498 g/mol. The number of alkyl halides is 3. The number of thioether (sulfide) groups is 1. The third kappa shape index (κ3) is 7.79. The molecule has 0 unspecified atom stereocenters. The number of hydrogen-bond donors (Lipinski definition) is 3. The van der Waals surface area contributed by atoms with E-state index in [0.717, 1.165) is 29.8 Å². The van der Waals surface area contributed by atoms with Crippen LogP contribution in [0.25, 0.3) is 0 Å². The Bertz CT molecular complexity index is 1010. The maximum Gasteiger partial charge on any atom is 0.435 e. The second-order valence-electron chi connectivity index (χ2n) is 7.99. The molecule has 1 heterocycles.